The maximum absolute atomic E-state index is 14.7. The summed E-state index contributed by atoms with van der Waals surface area (Å²) < 4.78 is 39.8. The smallest absolute Gasteiger partial charge is 0.419 e. The molecule has 1 aromatic rings. The second-order valence-corrected chi connectivity index (χ2v) is 10.4. The molecular weight excluding hydrogens is 572 g/mol. The van der Waals surface area contributed by atoms with E-state index in [1.807, 2.05) is 0 Å². The molecule has 236 valence electrons. The maximum Gasteiger partial charge on any atom is 0.419 e. The standard InChI is InChI=1S/C24H35F2N5O11/c25-23(37,38)22(24(26,39)40)9-11-41-19(22)31(15-8-10-28-20(35)29-15)21(36)42-17(6-7-18(33)34)30-16(32)12-14(27)13-4-2-1-3-5-13/h8,10,13-14,17,19,37-40H,1-7,9,11-12,27H2,(H,30,32)(H,33,34)(H,28,29,35). The summed E-state index contributed by atoms with van der Waals surface area (Å²) in [7, 11) is 0. The SMILES string of the molecule is NC(CC(=O)NC(CCC(=O)O)OC(=O)N(c1cc[nH]c(=O)n1)C1OCCC1(C(O)(O)F)C(O)(O)F)C1CCCCC1. The fourth-order valence-corrected chi connectivity index (χ4v) is 5.31. The number of rotatable bonds is 12. The van der Waals surface area contributed by atoms with Gasteiger partial charge in [0, 0.05) is 25.1 Å². The van der Waals surface area contributed by atoms with Gasteiger partial charge < -0.3 is 51.0 Å². The summed E-state index contributed by atoms with van der Waals surface area (Å²) in [6.45, 7) is -0.755. The lowest BCUT2D eigenvalue weighted by Gasteiger charge is -2.44. The van der Waals surface area contributed by atoms with E-state index in [-0.39, 0.29) is 17.2 Å². The molecule has 1 saturated carbocycles. The quantitative estimate of drug-likeness (QED) is 0.136. The second kappa shape index (κ2) is 13.3. The van der Waals surface area contributed by atoms with Crippen molar-refractivity contribution in [1.29, 1.82) is 0 Å². The van der Waals surface area contributed by atoms with Crippen LogP contribution < -0.4 is 21.6 Å². The molecule has 3 rings (SSSR count). The van der Waals surface area contributed by atoms with Crippen molar-refractivity contribution in [2.75, 3.05) is 11.5 Å². The Morgan fingerprint density at radius 1 is 1.21 bits per heavy atom. The first-order valence-corrected chi connectivity index (χ1v) is 13.3. The fourth-order valence-electron chi connectivity index (χ4n) is 5.31. The summed E-state index contributed by atoms with van der Waals surface area (Å²) in [5.74, 6) is -2.71. The number of hydrogen-bond donors (Lipinski definition) is 8. The number of hydrogen-bond acceptors (Lipinski definition) is 12. The molecule has 1 aliphatic carbocycles. The number of nitrogens with one attached hydrogen (secondary N) is 2. The van der Waals surface area contributed by atoms with E-state index >= 15 is 0 Å². The van der Waals surface area contributed by atoms with Gasteiger partial charge in [-0.15, -0.1) is 0 Å². The molecule has 0 radical (unpaired) electrons. The highest BCUT2D eigenvalue weighted by Crippen LogP contribution is 2.53. The number of aliphatic hydroxyl groups is 4. The zero-order chi connectivity index (χ0) is 31.3. The van der Waals surface area contributed by atoms with Gasteiger partial charge in [0.05, 0.1) is 13.0 Å². The van der Waals surface area contributed by atoms with Crippen LogP contribution in [0.15, 0.2) is 17.1 Å². The lowest BCUT2D eigenvalue weighted by Crippen LogP contribution is -2.67. The number of halogens is 2. The number of H-pyrrole nitrogens is 1. The van der Waals surface area contributed by atoms with Crippen molar-refractivity contribution in [3.8, 4) is 0 Å². The highest BCUT2D eigenvalue weighted by Gasteiger charge is 2.74. The van der Waals surface area contributed by atoms with Gasteiger partial charge in [0.25, 0.3) is 0 Å². The van der Waals surface area contributed by atoms with Gasteiger partial charge in [-0.2, -0.15) is 13.8 Å². The molecule has 0 spiro atoms. The third-order valence-electron chi connectivity index (χ3n) is 7.52. The van der Waals surface area contributed by atoms with E-state index in [4.69, 9.17) is 20.3 Å². The molecule has 2 aliphatic rings. The van der Waals surface area contributed by atoms with Gasteiger partial charge in [-0.25, -0.2) is 14.5 Å². The third-order valence-corrected chi connectivity index (χ3v) is 7.52. The van der Waals surface area contributed by atoms with Crippen molar-refractivity contribution >= 4 is 23.8 Å². The van der Waals surface area contributed by atoms with Crippen LogP contribution in [0.2, 0.25) is 0 Å². The van der Waals surface area contributed by atoms with Crippen molar-refractivity contribution in [2.24, 2.45) is 17.1 Å². The molecule has 3 unspecified atom stereocenters. The number of anilines is 1. The summed E-state index contributed by atoms with van der Waals surface area (Å²) in [5, 5.41) is 50.6. The molecule has 3 atom stereocenters. The Balaban J connectivity index is 1.92. The van der Waals surface area contributed by atoms with Crippen LogP contribution in [0.5, 0.6) is 0 Å². The van der Waals surface area contributed by atoms with Crippen LogP contribution in [0.3, 0.4) is 0 Å². The molecule has 2 fully saturated rings. The van der Waals surface area contributed by atoms with E-state index in [1.54, 1.807) is 0 Å². The fraction of sp³-hybridized carbons (Fsp3) is 0.708. The molecule has 18 heteroatoms. The average Bonchev–Trinajstić information content (AvgIpc) is 3.34. The number of carbonyl (C=O) groups excluding carboxylic acids is 2. The minimum atomic E-state index is -4.74. The summed E-state index contributed by atoms with van der Waals surface area (Å²) in [6, 6.07) is -9.10. The molecule has 9 N–H and O–H groups in total. The average molecular weight is 608 g/mol. The van der Waals surface area contributed by atoms with Gasteiger partial charge in [0.1, 0.15) is 5.82 Å². The first-order valence-electron chi connectivity index (χ1n) is 13.3. The molecule has 1 saturated heterocycles. The maximum atomic E-state index is 14.7. The van der Waals surface area contributed by atoms with Crippen molar-refractivity contribution in [2.45, 2.75) is 88.4 Å². The zero-order valence-corrected chi connectivity index (χ0v) is 22.4. The molecule has 1 aromatic heterocycles. The summed E-state index contributed by atoms with van der Waals surface area (Å²) >= 11 is 0. The van der Waals surface area contributed by atoms with Crippen LogP contribution in [-0.4, -0.2) is 90.7 Å². The number of aromatic nitrogens is 2. The molecule has 2 heterocycles. The highest BCUT2D eigenvalue weighted by molar-refractivity contribution is 5.87. The van der Waals surface area contributed by atoms with Gasteiger partial charge in [-0.1, -0.05) is 19.3 Å². The predicted molar refractivity (Wildman–Crippen MR) is 135 cm³/mol. The van der Waals surface area contributed by atoms with E-state index in [9.17, 15) is 48.4 Å². The molecule has 42 heavy (non-hydrogen) atoms. The molecule has 0 aromatic carbocycles. The zero-order valence-electron chi connectivity index (χ0n) is 22.4. The number of aliphatic carboxylic acids is 1. The van der Waals surface area contributed by atoms with Gasteiger partial charge in [-0.3, -0.25) is 9.59 Å². The number of carboxylic acids is 1. The van der Waals surface area contributed by atoms with Gasteiger partial charge in [-0.05, 0) is 31.2 Å². The van der Waals surface area contributed by atoms with Crippen LogP contribution in [-0.2, 0) is 19.1 Å². The van der Waals surface area contributed by atoms with Crippen LogP contribution in [0.4, 0.5) is 19.4 Å². The van der Waals surface area contributed by atoms with Crippen LogP contribution in [0.1, 0.15) is 57.8 Å². The number of alkyl halides is 2. The number of carbonyl (C=O) groups is 3. The molecule has 1 aliphatic heterocycles. The van der Waals surface area contributed by atoms with Crippen molar-refractivity contribution in [3.63, 3.8) is 0 Å². The molecular formula is C24H35F2N5O11. The van der Waals surface area contributed by atoms with E-state index in [0.717, 1.165) is 44.4 Å². The molecule has 16 nitrogen and oxygen atoms in total. The predicted octanol–water partition coefficient (Wildman–Crippen LogP) is -0.734. The topological polar surface area (TPSA) is 258 Å². The lowest BCUT2D eigenvalue weighted by atomic mass is 9.79. The van der Waals surface area contributed by atoms with E-state index in [1.165, 1.54) is 0 Å². The number of nitrogens with zero attached hydrogens (tertiary/aromatic N) is 2. The summed E-state index contributed by atoms with van der Waals surface area (Å²) in [5.41, 5.74) is 1.38. The number of nitrogens with two attached hydrogens (primary N) is 1. The Morgan fingerprint density at radius 3 is 2.43 bits per heavy atom. The normalized spacial score (nSPS) is 20.9. The summed E-state index contributed by atoms with van der Waals surface area (Å²) in [4.78, 5) is 55.1. The van der Waals surface area contributed by atoms with Gasteiger partial charge in [0.15, 0.2) is 17.9 Å². The summed E-state index contributed by atoms with van der Waals surface area (Å²) in [6.07, 6.45) is -2.86. The second-order valence-electron chi connectivity index (χ2n) is 10.4. The van der Waals surface area contributed by atoms with Crippen molar-refractivity contribution in [3.05, 3.63) is 22.7 Å². The Labute approximate surface area is 237 Å². The third kappa shape index (κ3) is 7.56. The van der Waals surface area contributed by atoms with Gasteiger partial charge in [0.2, 0.25) is 5.91 Å². The Morgan fingerprint density at radius 2 is 1.86 bits per heavy atom. The first-order chi connectivity index (χ1) is 19.6. The van der Waals surface area contributed by atoms with Crippen molar-refractivity contribution < 1.29 is 58.2 Å². The van der Waals surface area contributed by atoms with Crippen molar-refractivity contribution in [1.82, 2.24) is 15.3 Å². The lowest BCUT2D eigenvalue weighted by molar-refractivity contribution is -0.445. The largest absolute Gasteiger partial charge is 0.481 e. The van der Waals surface area contributed by atoms with Crippen LogP contribution in [0, 0.1) is 11.3 Å². The first kappa shape index (κ1) is 33.2. The number of aromatic amines is 1. The minimum Gasteiger partial charge on any atom is -0.481 e. The van der Waals surface area contributed by atoms with Gasteiger partial charge >= 0.3 is 29.8 Å². The van der Waals surface area contributed by atoms with E-state index < -0.39 is 91.3 Å². The van der Waals surface area contributed by atoms with Crippen LogP contribution in [0.25, 0.3) is 0 Å². The minimum absolute atomic E-state index is 0.0748. The van der Waals surface area contributed by atoms with Crippen LogP contribution >= 0.6 is 0 Å². The van der Waals surface area contributed by atoms with E-state index in [2.05, 4.69) is 15.3 Å². The number of amides is 2. The highest BCUT2D eigenvalue weighted by atomic mass is 19.2. The Kier molecular flexibility index (Phi) is 10.6. The molecule has 0 bridgehead atoms. The number of ether oxygens (including phenoxy) is 2. The Bertz CT molecular complexity index is 1150. The monoisotopic (exact) mass is 607 g/mol. The number of carboxylic acid groups (broad SMARTS) is 1. The van der Waals surface area contributed by atoms with E-state index in [0.29, 0.717) is 0 Å². The Hall–Kier alpha value is -3.29. The molecule has 2 amide bonds.